The summed E-state index contributed by atoms with van der Waals surface area (Å²) in [5.74, 6) is -0.0641. The Labute approximate surface area is 309 Å². The van der Waals surface area contributed by atoms with E-state index < -0.39 is 17.0 Å². The van der Waals surface area contributed by atoms with E-state index in [9.17, 15) is 24.5 Å². The molecule has 52 heavy (non-hydrogen) atoms. The molecule has 2 unspecified atom stereocenters. The van der Waals surface area contributed by atoms with Crippen LogP contribution in [0.2, 0.25) is 5.02 Å². The van der Waals surface area contributed by atoms with E-state index >= 15 is 0 Å². The zero-order chi connectivity index (χ0) is 39.0. The summed E-state index contributed by atoms with van der Waals surface area (Å²) in [4.78, 5) is 68.2. The van der Waals surface area contributed by atoms with Crippen LogP contribution in [0.5, 0.6) is 11.5 Å². The summed E-state index contributed by atoms with van der Waals surface area (Å²) in [5, 5.41) is 11.3. The molecule has 2 amide bonds. The second-order valence-electron chi connectivity index (χ2n) is 12.6. The lowest BCUT2D eigenvalue weighted by Gasteiger charge is -2.38. The van der Waals surface area contributed by atoms with Crippen LogP contribution in [0.1, 0.15) is 107 Å². The third-order valence-electron chi connectivity index (χ3n) is 8.72. The predicted octanol–water partition coefficient (Wildman–Crippen LogP) is 7.04. The summed E-state index contributed by atoms with van der Waals surface area (Å²) in [6.07, 6.45) is 7.14. The predicted molar refractivity (Wildman–Crippen MR) is 193 cm³/mol. The second kappa shape index (κ2) is 21.8. The summed E-state index contributed by atoms with van der Waals surface area (Å²) in [5.41, 5.74) is 0.938. The number of esters is 1. The Morgan fingerprint density at radius 3 is 2.29 bits per heavy atom. The van der Waals surface area contributed by atoms with Gasteiger partial charge in [-0.1, -0.05) is 44.7 Å². The lowest BCUT2D eigenvalue weighted by atomic mass is 9.92. The van der Waals surface area contributed by atoms with Gasteiger partial charge in [-0.25, -0.2) is 4.79 Å². The standard InChI is InChI=1S/C24H35ClN2O4.C12H15NO5.CO2/c1-5-21-24(29)26(12-9-13-30-4)20-14-18(19(25)15-22(20)31-21)23(28)27(16(2)3)17-10-7-6-8-11-17;1-4-8(2)18-11-6-5-9(12(14)17-3)7-10(11)13(15)16;2-1-3/h14-17,21H,5-13H2,1-4H3;5-8H,4H2,1-3H3;. The minimum absolute atomic E-state index is 0.0721. The Morgan fingerprint density at radius 1 is 1.10 bits per heavy atom. The molecule has 14 nitrogen and oxygen atoms in total. The molecule has 2 aromatic carbocycles. The molecule has 4 rings (SSSR count). The Hall–Kier alpha value is -4.52. The second-order valence-corrected chi connectivity index (χ2v) is 13.0. The Balaban J connectivity index is 0.000000378. The average Bonchev–Trinajstić information content (AvgIpc) is 3.12. The highest BCUT2D eigenvalue weighted by Gasteiger charge is 2.36. The van der Waals surface area contributed by atoms with E-state index in [1.165, 1.54) is 25.7 Å². The Morgan fingerprint density at radius 2 is 1.75 bits per heavy atom. The number of carbonyl (C=O) groups is 3. The number of carbonyl (C=O) groups excluding carboxylic acids is 5. The number of fused-ring (bicyclic) bond motifs is 1. The van der Waals surface area contributed by atoms with Gasteiger partial charge in [-0.3, -0.25) is 19.7 Å². The molecule has 2 atom stereocenters. The van der Waals surface area contributed by atoms with Crippen LogP contribution in [0.15, 0.2) is 30.3 Å². The van der Waals surface area contributed by atoms with E-state index in [2.05, 4.69) is 4.74 Å². The quantitative estimate of drug-likeness (QED) is 0.0891. The molecule has 1 saturated carbocycles. The Bertz CT molecular complexity index is 1560. The molecule has 0 bridgehead atoms. The molecule has 0 spiro atoms. The van der Waals surface area contributed by atoms with E-state index in [-0.39, 0.29) is 53.2 Å². The first-order valence-electron chi connectivity index (χ1n) is 17.5. The highest BCUT2D eigenvalue weighted by Crippen LogP contribution is 2.40. The lowest BCUT2D eigenvalue weighted by molar-refractivity contribution is -0.386. The monoisotopic (exact) mass is 747 g/mol. The first-order chi connectivity index (χ1) is 24.8. The molecule has 1 aliphatic carbocycles. The molecule has 0 saturated heterocycles. The van der Waals surface area contributed by atoms with Gasteiger partial charge < -0.3 is 28.7 Å². The molecule has 1 fully saturated rings. The fourth-order valence-corrected chi connectivity index (χ4v) is 6.22. The van der Waals surface area contributed by atoms with Gasteiger partial charge in [-0.2, -0.15) is 9.59 Å². The van der Waals surface area contributed by atoms with E-state index in [0.717, 1.165) is 38.2 Å². The van der Waals surface area contributed by atoms with Crippen molar-refractivity contribution in [1.29, 1.82) is 0 Å². The van der Waals surface area contributed by atoms with Gasteiger partial charge in [0.25, 0.3) is 11.8 Å². The van der Waals surface area contributed by atoms with E-state index in [1.807, 2.05) is 39.5 Å². The zero-order valence-corrected chi connectivity index (χ0v) is 31.7. The number of amides is 2. The molecule has 0 aromatic heterocycles. The molecule has 286 valence electrons. The van der Waals surface area contributed by atoms with Crippen LogP contribution >= 0.6 is 11.6 Å². The maximum absolute atomic E-state index is 13.6. The van der Waals surface area contributed by atoms with Crippen LogP contribution in [0.4, 0.5) is 11.4 Å². The van der Waals surface area contributed by atoms with E-state index in [4.69, 9.17) is 35.4 Å². The number of nitrogens with zero attached hydrogens (tertiary/aromatic N) is 3. The van der Waals surface area contributed by atoms with Gasteiger partial charge >= 0.3 is 17.8 Å². The van der Waals surface area contributed by atoms with Gasteiger partial charge in [0, 0.05) is 44.5 Å². The van der Waals surface area contributed by atoms with Crippen LogP contribution in [-0.2, 0) is 23.9 Å². The van der Waals surface area contributed by atoms with Crippen LogP contribution in [0, 0.1) is 10.1 Å². The average molecular weight is 748 g/mol. The molecule has 0 radical (unpaired) electrons. The lowest BCUT2D eigenvalue weighted by Crippen LogP contribution is -2.47. The van der Waals surface area contributed by atoms with Crippen molar-refractivity contribution in [2.75, 3.05) is 32.3 Å². The highest BCUT2D eigenvalue weighted by atomic mass is 35.5. The van der Waals surface area contributed by atoms with Gasteiger partial charge in [0.15, 0.2) is 11.9 Å². The number of ether oxygens (including phenoxy) is 4. The normalized spacial score (nSPS) is 15.8. The fraction of sp³-hybridized carbons (Fsp3) is 0.568. The summed E-state index contributed by atoms with van der Waals surface area (Å²) in [6.45, 7) is 10.8. The number of methoxy groups -OCH3 is 2. The van der Waals surface area contributed by atoms with Crippen LogP contribution in [0.3, 0.4) is 0 Å². The topological polar surface area (TPSA) is 172 Å². The number of halogens is 1. The molecule has 2 aliphatic rings. The third kappa shape index (κ3) is 11.8. The molecule has 15 heteroatoms. The molecule has 2 aromatic rings. The van der Waals surface area contributed by atoms with Crippen LogP contribution in [0.25, 0.3) is 0 Å². The molecule has 0 N–H and O–H groups in total. The van der Waals surface area contributed by atoms with Crippen molar-refractivity contribution in [2.24, 2.45) is 0 Å². The molecular weight excluding hydrogens is 698 g/mol. The first kappa shape index (κ1) is 43.6. The van der Waals surface area contributed by atoms with Crippen molar-refractivity contribution in [3.8, 4) is 11.5 Å². The van der Waals surface area contributed by atoms with Crippen molar-refractivity contribution in [1.82, 2.24) is 4.90 Å². The number of hydrogen-bond donors (Lipinski definition) is 0. The largest absolute Gasteiger partial charge is 0.484 e. The summed E-state index contributed by atoms with van der Waals surface area (Å²) >= 11 is 6.59. The van der Waals surface area contributed by atoms with Crippen molar-refractivity contribution in [2.45, 2.75) is 110 Å². The SMILES string of the molecule is CCC(C)Oc1ccc(C(=O)OC)cc1[N+](=O)[O-].CCC1Oc2cc(Cl)c(C(=O)N(C(C)C)C3CCCCC3)cc2N(CCCOC)C1=O.O=C=O. The van der Waals surface area contributed by atoms with Crippen molar-refractivity contribution < 1.29 is 47.8 Å². The van der Waals surface area contributed by atoms with Gasteiger partial charge in [-0.05, 0) is 71.1 Å². The van der Waals surface area contributed by atoms with Gasteiger partial charge in [-0.15, -0.1) is 0 Å². The van der Waals surface area contributed by atoms with E-state index in [1.54, 1.807) is 24.1 Å². The third-order valence-corrected chi connectivity index (χ3v) is 9.03. The number of hydrogen-bond acceptors (Lipinski definition) is 11. The minimum Gasteiger partial charge on any atom is -0.484 e. The number of anilines is 1. The highest BCUT2D eigenvalue weighted by molar-refractivity contribution is 6.34. The minimum atomic E-state index is -0.617. The Kier molecular flexibility index (Phi) is 18.3. The summed E-state index contributed by atoms with van der Waals surface area (Å²) in [7, 11) is 2.87. The van der Waals surface area contributed by atoms with E-state index in [0.29, 0.717) is 48.0 Å². The van der Waals surface area contributed by atoms with Gasteiger partial charge in [0.05, 0.1) is 40.0 Å². The fourth-order valence-electron chi connectivity index (χ4n) is 5.99. The number of nitro benzene ring substituents is 1. The maximum atomic E-state index is 13.6. The zero-order valence-electron chi connectivity index (χ0n) is 31.0. The molecular formula is C37H50ClN3O11. The van der Waals surface area contributed by atoms with Crippen molar-refractivity contribution >= 4 is 46.9 Å². The van der Waals surface area contributed by atoms with Crippen molar-refractivity contribution in [3.63, 3.8) is 0 Å². The number of benzene rings is 2. The molecule has 1 aliphatic heterocycles. The summed E-state index contributed by atoms with van der Waals surface area (Å²) in [6, 6.07) is 7.75. The van der Waals surface area contributed by atoms with Crippen LogP contribution in [-0.4, -0.2) is 85.4 Å². The summed E-state index contributed by atoms with van der Waals surface area (Å²) < 4.78 is 21.0. The first-order valence-corrected chi connectivity index (χ1v) is 17.8. The smallest absolute Gasteiger partial charge is 0.373 e. The molecule has 1 heterocycles. The van der Waals surface area contributed by atoms with Gasteiger partial charge in [0.1, 0.15) is 5.75 Å². The van der Waals surface area contributed by atoms with Crippen molar-refractivity contribution in [3.05, 3.63) is 56.6 Å². The van der Waals surface area contributed by atoms with Gasteiger partial charge in [0.2, 0.25) is 0 Å². The van der Waals surface area contributed by atoms with Crippen LogP contribution < -0.4 is 14.4 Å². The maximum Gasteiger partial charge on any atom is 0.373 e. The number of nitro groups is 1. The number of rotatable bonds is 13.